The molecule has 0 unspecified atom stereocenters. The Hall–Kier alpha value is -5.28. The molecule has 3 aromatic carbocycles. The monoisotopic (exact) mass is 644 g/mol. The second-order valence-electron chi connectivity index (χ2n) is 12.2. The third kappa shape index (κ3) is 7.42. The second kappa shape index (κ2) is 13.6. The predicted octanol–water partition coefficient (Wildman–Crippen LogP) is 6.51. The molecule has 2 N–H and O–H groups in total. The van der Waals surface area contributed by atoms with E-state index in [1.165, 1.54) is 25.4 Å². The van der Waals surface area contributed by atoms with E-state index >= 15 is 0 Å². The summed E-state index contributed by atoms with van der Waals surface area (Å²) in [4.78, 5) is 31.6. The standard InChI is InChI=1S/C35H34F2N4O6/c1-35(2,3)47-34(44)40-30-10-11-41(18-28(30)33(42)43)31-26-14-20(25-7-5-6-21(16-38)32(25)46-19-45-4)8-9-29(26)39-17-27(31)22-12-23(36)15-24(37)13-22/h5-9,12-15,17,28,30H,10-11,18-19H2,1-4H3,(H,40,44)(H,42,43)/t28-,30-/m0/s1. The number of aromatic nitrogens is 1. The summed E-state index contributed by atoms with van der Waals surface area (Å²) in [6.07, 6.45) is 1.04. The number of anilines is 1. The highest BCUT2D eigenvalue weighted by Gasteiger charge is 2.37. The van der Waals surface area contributed by atoms with E-state index in [9.17, 15) is 28.7 Å². The minimum Gasteiger partial charge on any atom is -0.481 e. The number of aliphatic carboxylic acids is 1. The Kier molecular flexibility index (Phi) is 9.58. The molecule has 0 radical (unpaired) electrons. The van der Waals surface area contributed by atoms with Crippen LogP contribution < -0.4 is 15.0 Å². The summed E-state index contributed by atoms with van der Waals surface area (Å²) >= 11 is 0. The van der Waals surface area contributed by atoms with Crippen LogP contribution in [0.2, 0.25) is 0 Å². The number of rotatable bonds is 8. The molecule has 1 fully saturated rings. The minimum atomic E-state index is -1.12. The van der Waals surface area contributed by atoms with Gasteiger partial charge in [0.15, 0.2) is 6.79 Å². The van der Waals surface area contributed by atoms with E-state index in [1.54, 1.807) is 45.0 Å². The second-order valence-corrected chi connectivity index (χ2v) is 12.2. The highest BCUT2D eigenvalue weighted by atomic mass is 19.1. The van der Waals surface area contributed by atoms with Crippen molar-refractivity contribution in [3.05, 3.63) is 78.0 Å². The predicted molar refractivity (Wildman–Crippen MR) is 171 cm³/mol. The SMILES string of the molecule is COCOc1c(C#N)cccc1-c1ccc2ncc(-c3cc(F)cc(F)c3)c(N3CC[C@H](NC(=O)OC(C)(C)C)[C@@H](C(=O)O)C3)c2c1. The summed E-state index contributed by atoms with van der Waals surface area (Å²) < 4.78 is 45.3. The fourth-order valence-corrected chi connectivity index (χ4v) is 5.77. The van der Waals surface area contributed by atoms with Gasteiger partial charge in [0.25, 0.3) is 0 Å². The maximum Gasteiger partial charge on any atom is 0.407 e. The van der Waals surface area contributed by atoms with Gasteiger partial charge in [-0.2, -0.15) is 5.26 Å². The lowest BCUT2D eigenvalue weighted by Crippen LogP contribution is -2.54. The highest BCUT2D eigenvalue weighted by Crippen LogP contribution is 2.42. The van der Waals surface area contributed by atoms with Crippen LogP contribution in [0, 0.1) is 28.9 Å². The van der Waals surface area contributed by atoms with Crippen LogP contribution in [-0.4, -0.2) is 60.8 Å². The fourth-order valence-electron chi connectivity index (χ4n) is 5.77. The molecular weight excluding hydrogens is 610 g/mol. The number of alkyl carbamates (subject to hydrolysis) is 1. The molecule has 1 aliphatic heterocycles. The number of nitrogens with one attached hydrogen (secondary N) is 1. The van der Waals surface area contributed by atoms with Crippen molar-refractivity contribution in [2.45, 2.75) is 38.8 Å². The molecule has 1 amide bonds. The normalized spacial score (nSPS) is 16.4. The number of carboxylic acid groups (broad SMARTS) is 1. The zero-order valence-electron chi connectivity index (χ0n) is 26.3. The Morgan fingerprint density at radius 3 is 2.49 bits per heavy atom. The fraction of sp³-hybridized carbons (Fsp3) is 0.314. The first-order valence-electron chi connectivity index (χ1n) is 14.9. The number of carbonyl (C=O) groups is 2. The maximum absolute atomic E-state index is 14.5. The van der Waals surface area contributed by atoms with Gasteiger partial charge in [0, 0.05) is 55.0 Å². The first-order valence-corrected chi connectivity index (χ1v) is 14.9. The lowest BCUT2D eigenvalue weighted by atomic mass is 9.90. The summed E-state index contributed by atoms with van der Waals surface area (Å²) in [6, 6.07) is 15.1. The molecule has 2 heterocycles. The van der Waals surface area contributed by atoms with Crippen molar-refractivity contribution in [1.82, 2.24) is 10.3 Å². The van der Waals surface area contributed by atoms with Gasteiger partial charge in [-0.05, 0) is 68.7 Å². The van der Waals surface area contributed by atoms with Gasteiger partial charge in [-0.1, -0.05) is 18.2 Å². The van der Waals surface area contributed by atoms with Gasteiger partial charge in [-0.3, -0.25) is 9.78 Å². The molecule has 4 aromatic rings. The quantitative estimate of drug-likeness (QED) is 0.206. The maximum atomic E-state index is 14.5. The lowest BCUT2D eigenvalue weighted by Gasteiger charge is -2.39. The molecule has 5 rings (SSSR count). The number of para-hydroxylation sites is 1. The number of nitrogens with zero attached hydrogens (tertiary/aromatic N) is 3. The first kappa shape index (κ1) is 33.1. The van der Waals surface area contributed by atoms with E-state index in [4.69, 9.17) is 14.2 Å². The number of benzene rings is 3. The number of amides is 1. The zero-order chi connectivity index (χ0) is 33.9. The van der Waals surface area contributed by atoms with Crippen molar-refractivity contribution in [3.8, 4) is 34.1 Å². The molecule has 0 saturated carbocycles. The van der Waals surface area contributed by atoms with Crippen LogP contribution in [0.1, 0.15) is 32.8 Å². The topological polar surface area (TPSA) is 134 Å². The number of piperidine rings is 1. The van der Waals surface area contributed by atoms with E-state index < -0.39 is 41.3 Å². The molecule has 1 saturated heterocycles. The average molecular weight is 645 g/mol. The van der Waals surface area contributed by atoms with Gasteiger partial charge in [-0.25, -0.2) is 13.6 Å². The average Bonchev–Trinajstić information content (AvgIpc) is 3.01. The first-order chi connectivity index (χ1) is 22.4. The smallest absolute Gasteiger partial charge is 0.407 e. The summed E-state index contributed by atoms with van der Waals surface area (Å²) in [5.41, 5.74) is 2.44. The van der Waals surface area contributed by atoms with Crippen molar-refractivity contribution in [2.75, 3.05) is 31.9 Å². The molecule has 12 heteroatoms. The molecule has 47 heavy (non-hydrogen) atoms. The zero-order valence-corrected chi connectivity index (χ0v) is 26.3. The van der Waals surface area contributed by atoms with Crippen LogP contribution in [0.25, 0.3) is 33.2 Å². The van der Waals surface area contributed by atoms with Gasteiger partial charge < -0.3 is 29.5 Å². The number of hydrogen-bond acceptors (Lipinski definition) is 8. The molecular formula is C35H34F2N4O6. The number of nitriles is 1. The lowest BCUT2D eigenvalue weighted by molar-refractivity contribution is -0.142. The van der Waals surface area contributed by atoms with Crippen molar-refractivity contribution in [3.63, 3.8) is 0 Å². The molecule has 0 spiro atoms. The molecule has 244 valence electrons. The number of carbonyl (C=O) groups excluding carboxylic acids is 1. The summed E-state index contributed by atoms with van der Waals surface area (Å²) in [5, 5.41) is 23.3. The van der Waals surface area contributed by atoms with Crippen molar-refractivity contribution in [1.29, 1.82) is 5.26 Å². The Morgan fingerprint density at radius 2 is 1.83 bits per heavy atom. The number of hydrogen-bond donors (Lipinski definition) is 2. The largest absolute Gasteiger partial charge is 0.481 e. The van der Waals surface area contributed by atoms with Crippen LogP contribution in [0.4, 0.5) is 19.3 Å². The van der Waals surface area contributed by atoms with Gasteiger partial charge in [0.05, 0.1) is 22.7 Å². The number of pyridine rings is 1. The van der Waals surface area contributed by atoms with E-state index in [0.29, 0.717) is 51.1 Å². The summed E-state index contributed by atoms with van der Waals surface area (Å²) in [5.74, 6) is -3.41. The van der Waals surface area contributed by atoms with Gasteiger partial charge in [0.1, 0.15) is 29.1 Å². The van der Waals surface area contributed by atoms with E-state index in [-0.39, 0.29) is 25.3 Å². The molecule has 0 bridgehead atoms. The summed E-state index contributed by atoms with van der Waals surface area (Å²) in [6.45, 7) is 5.32. The van der Waals surface area contributed by atoms with Crippen LogP contribution in [-0.2, 0) is 14.3 Å². The Morgan fingerprint density at radius 1 is 1.09 bits per heavy atom. The van der Waals surface area contributed by atoms with E-state index in [1.807, 2.05) is 17.0 Å². The van der Waals surface area contributed by atoms with Crippen LogP contribution in [0.5, 0.6) is 5.75 Å². The highest BCUT2D eigenvalue weighted by molar-refractivity contribution is 6.02. The number of fused-ring (bicyclic) bond motifs is 1. The molecule has 1 aliphatic rings. The van der Waals surface area contributed by atoms with Gasteiger partial charge in [0.2, 0.25) is 0 Å². The number of carboxylic acids is 1. The van der Waals surface area contributed by atoms with E-state index in [2.05, 4.69) is 16.4 Å². The number of ether oxygens (including phenoxy) is 3. The van der Waals surface area contributed by atoms with Gasteiger partial charge >= 0.3 is 12.1 Å². The number of halogens is 2. The Balaban J connectivity index is 1.66. The molecule has 1 aromatic heterocycles. The van der Waals surface area contributed by atoms with Crippen molar-refractivity contribution < 1.29 is 37.7 Å². The van der Waals surface area contributed by atoms with Crippen molar-refractivity contribution in [2.24, 2.45) is 5.92 Å². The van der Waals surface area contributed by atoms with Crippen molar-refractivity contribution >= 4 is 28.7 Å². The molecule has 10 nitrogen and oxygen atoms in total. The Bertz CT molecular complexity index is 1850. The Labute approximate surface area is 270 Å². The third-order valence-corrected chi connectivity index (χ3v) is 7.73. The minimum absolute atomic E-state index is 0.0317. The molecule has 0 aliphatic carbocycles. The van der Waals surface area contributed by atoms with Crippen LogP contribution in [0.3, 0.4) is 0 Å². The number of methoxy groups -OCH3 is 1. The summed E-state index contributed by atoms with van der Waals surface area (Å²) in [7, 11) is 1.47. The van der Waals surface area contributed by atoms with Gasteiger partial charge in [-0.15, -0.1) is 0 Å². The van der Waals surface area contributed by atoms with Crippen LogP contribution >= 0.6 is 0 Å². The third-order valence-electron chi connectivity index (χ3n) is 7.73. The molecule has 2 atom stereocenters. The van der Waals surface area contributed by atoms with E-state index in [0.717, 1.165) is 6.07 Å². The van der Waals surface area contributed by atoms with Crippen LogP contribution in [0.15, 0.2) is 60.8 Å².